The molecule has 0 fully saturated rings. The highest BCUT2D eigenvalue weighted by atomic mass is 32.1. The van der Waals surface area contributed by atoms with Crippen LogP contribution in [0.5, 0.6) is 0 Å². The minimum atomic E-state index is 0.0130. The highest BCUT2D eigenvalue weighted by molar-refractivity contribution is 7.16. The molecule has 5 heteroatoms. The summed E-state index contributed by atoms with van der Waals surface area (Å²) >= 11 is 1.44. The van der Waals surface area contributed by atoms with Gasteiger partial charge >= 0.3 is 0 Å². The van der Waals surface area contributed by atoms with Crippen molar-refractivity contribution in [3.8, 4) is 5.00 Å². The number of carbonyl (C=O) groups is 1. The van der Waals surface area contributed by atoms with E-state index in [2.05, 4.69) is 5.10 Å². The second-order valence-electron chi connectivity index (χ2n) is 4.42. The van der Waals surface area contributed by atoms with E-state index in [9.17, 15) is 4.79 Å². The minimum Gasteiger partial charge on any atom is -0.396 e. The molecule has 4 nitrogen and oxygen atoms in total. The van der Waals surface area contributed by atoms with E-state index in [1.165, 1.54) is 11.3 Å². The van der Waals surface area contributed by atoms with Crippen molar-refractivity contribution >= 4 is 17.1 Å². The molecule has 1 N–H and O–H groups in total. The summed E-state index contributed by atoms with van der Waals surface area (Å²) in [5.74, 6) is 0.174. The Hall–Kier alpha value is -1.46. The molecule has 0 aliphatic heterocycles. The topological polar surface area (TPSA) is 55.1 Å². The lowest BCUT2D eigenvalue weighted by Gasteiger charge is -1.99. The first-order valence-corrected chi connectivity index (χ1v) is 6.72. The maximum absolute atomic E-state index is 11.8. The van der Waals surface area contributed by atoms with E-state index in [1.54, 1.807) is 10.9 Å². The average molecular weight is 264 g/mol. The fraction of sp³-hybridized carbons (Fsp3) is 0.385. The van der Waals surface area contributed by atoms with E-state index in [0.717, 1.165) is 15.4 Å². The number of aliphatic hydroxyl groups is 1. The number of ketones is 1. The van der Waals surface area contributed by atoms with Gasteiger partial charge in [-0.05, 0) is 24.1 Å². The molecular formula is C13H16N2O2S. The van der Waals surface area contributed by atoms with E-state index < -0.39 is 0 Å². The van der Waals surface area contributed by atoms with Gasteiger partial charge in [-0.15, -0.1) is 11.3 Å². The zero-order chi connectivity index (χ0) is 13.1. The van der Waals surface area contributed by atoms with Crippen LogP contribution in [0.3, 0.4) is 0 Å². The summed E-state index contributed by atoms with van der Waals surface area (Å²) in [5, 5.41) is 14.0. The van der Waals surface area contributed by atoms with Crippen molar-refractivity contribution < 1.29 is 9.90 Å². The second kappa shape index (κ2) is 5.46. The third-order valence-corrected chi connectivity index (χ3v) is 3.71. The van der Waals surface area contributed by atoms with Crippen molar-refractivity contribution in [2.75, 3.05) is 6.61 Å². The smallest absolute Gasteiger partial charge is 0.175 e. The van der Waals surface area contributed by atoms with Crippen molar-refractivity contribution in [3.05, 3.63) is 35.0 Å². The molecule has 0 amide bonds. The standard InChI is InChI=1S/C13H16N2O2S/c1-9(2)13(17)11-3-4-12(18-11)15-8-10(5-6-16)7-14-15/h3-4,7-9,16H,5-6H2,1-2H3. The summed E-state index contributed by atoms with van der Waals surface area (Å²) in [6, 6.07) is 3.74. The SMILES string of the molecule is CC(C)C(=O)c1ccc(-n2cc(CCO)cn2)s1. The third kappa shape index (κ3) is 2.68. The highest BCUT2D eigenvalue weighted by Crippen LogP contribution is 2.23. The fourth-order valence-electron chi connectivity index (χ4n) is 1.61. The van der Waals surface area contributed by atoms with Gasteiger partial charge in [-0.1, -0.05) is 13.8 Å². The Morgan fingerprint density at radius 3 is 2.94 bits per heavy atom. The Kier molecular flexibility index (Phi) is 3.93. The van der Waals surface area contributed by atoms with E-state index in [1.807, 2.05) is 32.2 Å². The number of aliphatic hydroxyl groups excluding tert-OH is 1. The van der Waals surface area contributed by atoms with Gasteiger partial charge in [0.1, 0.15) is 5.00 Å². The fourth-order valence-corrected chi connectivity index (χ4v) is 2.63. The Morgan fingerprint density at radius 1 is 1.50 bits per heavy atom. The van der Waals surface area contributed by atoms with Crippen LogP contribution in [0.25, 0.3) is 5.00 Å². The van der Waals surface area contributed by atoms with E-state index >= 15 is 0 Å². The van der Waals surface area contributed by atoms with Crippen LogP contribution >= 0.6 is 11.3 Å². The molecule has 0 atom stereocenters. The van der Waals surface area contributed by atoms with Gasteiger partial charge in [-0.25, -0.2) is 4.68 Å². The molecule has 2 heterocycles. The van der Waals surface area contributed by atoms with Crippen molar-refractivity contribution in [1.82, 2.24) is 9.78 Å². The lowest BCUT2D eigenvalue weighted by Crippen LogP contribution is -2.04. The maximum Gasteiger partial charge on any atom is 0.175 e. The molecule has 0 aliphatic carbocycles. The number of thiophene rings is 1. The molecule has 2 aromatic rings. The number of nitrogens with zero attached hydrogens (tertiary/aromatic N) is 2. The number of Topliss-reactive ketones (excluding diaryl/α,β-unsaturated/α-hetero) is 1. The zero-order valence-electron chi connectivity index (χ0n) is 10.5. The Morgan fingerprint density at radius 2 is 2.28 bits per heavy atom. The Labute approximate surface area is 110 Å². The van der Waals surface area contributed by atoms with Crippen LogP contribution in [0.15, 0.2) is 24.5 Å². The third-order valence-electron chi connectivity index (χ3n) is 2.62. The monoisotopic (exact) mass is 264 g/mol. The molecule has 0 saturated carbocycles. The van der Waals surface area contributed by atoms with Crippen molar-refractivity contribution in [1.29, 1.82) is 0 Å². The summed E-state index contributed by atoms with van der Waals surface area (Å²) in [4.78, 5) is 12.6. The first kappa shape index (κ1) is 13.0. The molecular weight excluding hydrogens is 248 g/mol. The molecule has 0 aromatic carbocycles. The van der Waals surface area contributed by atoms with Gasteiger partial charge in [0, 0.05) is 18.7 Å². The summed E-state index contributed by atoms with van der Waals surface area (Å²) in [6.07, 6.45) is 4.22. The zero-order valence-corrected chi connectivity index (χ0v) is 11.3. The van der Waals surface area contributed by atoms with Gasteiger partial charge in [0.25, 0.3) is 0 Å². The quantitative estimate of drug-likeness (QED) is 0.843. The predicted octanol–water partition coefficient (Wildman–Crippen LogP) is 2.31. The molecule has 0 radical (unpaired) electrons. The van der Waals surface area contributed by atoms with Crippen molar-refractivity contribution in [2.45, 2.75) is 20.3 Å². The molecule has 2 rings (SSSR count). The molecule has 0 saturated heterocycles. The van der Waals surface area contributed by atoms with Crippen LogP contribution in [0.2, 0.25) is 0 Å². The molecule has 0 spiro atoms. The number of hydrogen-bond donors (Lipinski definition) is 1. The number of hydrogen-bond acceptors (Lipinski definition) is 4. The molecule has 18 heavy (non-hydrogen) atoms. The van der Waals surface area contributed by atoms with Crippen molar-refractivity contribution in [2.24, 2.45) is 5.92 Å². The summed E-state index contributed by atoms with van der Waals surface area (Å²) in [7, 11) is 0. The van der Waals surface area contributed by atoms with Gasteiger partial charge < -0.3 is 5.11 Å². The summed E-state index contributed by atoms with van der Waals surface area (Å²) in [5.41, 5.74) is 0.989. The van der Waals surface area contributed by atoms with E-state index in [-0.39, 0.29) is 18.3 Å². The molecule has 2 aromatic heterocycles. The van der Waals surface area contributed by atoms with Crippen LogP contribution in [-0.4, -0.2) is 27.3 Å². The minimum absolute atomic E-state index is 0.0130. The van der Waals surface area contributed by atoms with E-state index in [4.69, 9.17) is 5.11 Å². The second-order valence-corrected chi connectivity index (χ2v) is 5.49. The number of rotatable bonds is 5. The Bertz CT molecular complexity index is 543. The lowest BCUT2D eigenvalue weighted by atomic mass is 10.1. The van der Waals surface area contributed by atoms with Crippen molar-refractivity contribution in [3.63, 3.8) is 0 Å². The molecule has 96 valence electrons. The van der Waals surface area contributed by atoms with Gasteiger partial charge in [0.2, 0.25) is 0 Å². The normalized spacial score (nSPS) is 11.1. The van der Waals surface area contributed by atoms with Crippen LogP contribution in [0.1, 0.15) is 29.1 Å². The summed E-state index contributed by atoms with van der Waals surface area (Å²) in [6.45, 7) is 3.91. The molecule has 0 bridgehead atoms. The number of carbonyl (C=O) groups excluding carboxylic acids is 1. The highest BCUT2D eigenvalue weighted by Gasteiger charge is 2.13. The van der Waals surface area contributed by atoms with Crippen LogP contribution < -0.4 is 0 Å². The van der Waals surface area contributed by atoms with Gasteiger partial charge in [0.15, 0.2) is 5.78 Å². The van der Waals surface area contributed by atoms with Gasteiger partial charge in [-0.3, -0.25) is 4.79 Å². The first-order valence-electron chi connectivity index (χ1n) is 5.90. The predicted molar refractivity (Wildman–Crippen MR) is 71.4 cm³/mol. The summed E-state index contributed by atoms with van der Waals surface area (Å²) < 4.78 is 1.74. The van der Waals surface area contributed by atoms with Crippen LogP contribution in [0.4, 0.5) is 0 Å². The van der Waals surface area contributed by atoms with E-state index in [0.29, 0.717) is 6.42 Å². The lowest BCUT2D eigenvalue weighted by molar-refractivity contribution is 0.0943. The largest absolute Gasteiger partial charge is 0.396 e. The van der Waals surface area contributed by atoms with Gasteiger partial charge in [0.05, 0.1) is 11.1 Å². The average Bonchev–Trinajstić information content (AvgIpc) is 2.96. The molecule has 0 unspecified atom stereocenters. The number of aromatic nitrogens is 2. The first-order chi connectivity index (χ1) is 8.61. The van der Waals surface area contributed by atoms with Gasteiger partial charge in [-0.2, -0.15) is 5.10 Å². The maximum atomic E-state index is 11.8. The molecule has 0 aliphatic rings. The van der Waals surface area contributed by atoms with Crippen LogP contribution in [-0.2, 0) is 6.42 Å². The van der Waals surface area contributed by atoms with Crippen LogP contribution in [0, 0.1) is 5.92 Å². The Balaban J connectivity index is 2.21.